The van der Waals surface area contributed by atoms with Crippen LogP contribution in [0.15, 0.2) is 35.5 Å². The molecule has 1 aliphatic carbocycles. The molecule has 0 radical (unpaired) electrons. The number of allylic oxidation sites excluding steroid dienone is 5. The quantitative estimate of drug-likeness (QED) is 0.142. The van der Waals surface area contributed by atoms with Crippen molar-refractivity contribution in [1.29, 1.82) is 0 Å². The van der Waals surface area contributed by atoms with Crippen LogP contribution in [0.5, 0.6) is 0 Å². The van der Waals surface area contributed by atoms with Crippen molar-refractivity contribution in [2.24, 2.45) is 29.6 Å². The number of carbonyl (C=O) groups is 5. The number of nitrogens with one attached hydrogen (secondary N) is 1. The first-order chi connectivity index (χ1) is 31.0. The van der Waals surface area contributed by atoms with E-state index in [0.717, 1.165) is 31.5 Å². The molecule has 15 heteroatoms. The second-order valence-corrected chi connectivity index (χ2v) is 19.8. The van der Waals surface area contributed by atoms with Crippen LogP contribution in [-0.2, 0) is 42.9 Å². The van der Waals surface area contributed by atoms with Crippen LogP contribution in [0, 0.1) is 29.6 Å². The maximum absolute atomic E-state index is 14.4. The lowest BCUT2D eigenvalue weighted by atomic mass is 9.82. The van der Waals surface area contributed by atoms with Gasteiger partial charge in [0.15, 0.2) is 0 Å². The zero-order valence-corrected chi connectivity index (χ0v) is 40.1. The van der Waals surface area contributed by atoms with Gasteiger partial charge in [-0.25, -0.2) is 4.79 Å². The van der Waals surface area contributed by atoms with Crippen molar-refractivity contribution in [3.8, 4) is 0 Å². The van der Waals surface area contributed by atoms with Gasteiger partial charge in [0.25, 0.3) is 11.7 Å². The van der Waals surface area contributed by atoms with E-state index in [2.05, 4.69) is 5.32 Å². The van der Waals surface area contributed by atoms with E-state index in [9.17, 15) is 39.3 Å². The Hall–Kier alpha value is -3.31. The predicted octanol–water partition coefficient (Wildman–Crippen LogP) is 4.60. The molecule has 15 nitrogen and oxygen atoms in total. The molecule has 1 saturated carbocycles. The van der Waals surface area contributed by atoms with Crippen molar-refractivity contribution in [3.05, 3.63) is 35.5 Å². The van der Waals surface area contributed by atoms with Gasteiger partial charge in [0.05, 0.1) is 24.4 Å². The number of carbonyl (C=O) groups excluding carboxylic acids is 5. The molecule has 4 fully saturated rings. The molecule has 3 saturated heterocycles. The molecule has 0 spiro atoms. The number of esters is 1. The maximum Gasteiger partial charge on any atom is 0.329 e. The summed E-state index contributed by atoms with van der Waals surface area (Å²) in [6.45, 7) is 12.3. The number of aliphatic hydroxyl groups excluding tert-OH is 2. The van der Waals surface area contributed by atoms with Gasteiger partial charge in [-0.15, -0.1) is 0 Å². The molecule has 5 rings (SSSR count). The Balaban J connectivity index is 1.49. The Bertz CT molecular complexity index is 1720. The summed E-state index contributed by atoms with van der Waals surface area (Å²) in [5.74, 6) is -7.65. The summed E-state index contributed by atoms with van der Waals surface area (Å²) in [5, 5.41) is 37.5. The van der Waals surface area contributed by atoms with Crippen LogP contribution in [0.4, 0.5) is 0 Å². The zero-order valence-electron chi connectivity index (χ0n) is 40.1. The second kappa shape index (κ2) is 24.6. The van der Waals surface area contributed by atoms with Gasteiger partial charge in [-0.05, 0) is 108 Å². The number of methoxy groups -OCH3 is 2. The van der Waals surface area contributed by atoms with Crippen molar-refractivity contribution in [2.75, 3.05) is 46.9 Å². The Morgan fingerprint density at radius 3 is 2.28 bits per heavy atom. The summed E-state index contributed by atoms with van der Waals surface area (Å²) in [6.07, 6.45) is 9.54. The van der Waals surface area contributed by atoms with Crippen molar-refractivity contribution in [2.45, 2.75) is 173 Å². The molecule has 366 valence electrons. The van der Waals surface area contributed by atoms with Gasteiger partial charge in [-0.1, -0.05) is 50.6 Å². The third-order valence-electron chi connectivity index (χ3n) is 14.6. The molecule has 11 atom stereocenters. The average molecular weight is 914 g/mol. The highest BCUT2D eigenvalue weighted by molar-refractivity contribution is 6.39. The molecule has 4 heterocycles. The van der Waals surface area contributed by atoms with Gasteiger partial charge in [0.2, 0.25) is 11.7 Å². The van der Waals surface area contributed by atoms with E-state index >= 15 is 0 Å². The molecular formula is C50H79N3O12. The van der Waals surface area contributed by atoms with Gasteiger partial charge >= 0.3 is 5.97 Å². The smallest absolute Gasteiger partial charge is 0.329 e. The van der Waals surface area contributed by atoms with Crippen LogP contribution in [0.1, 0.15) is 125 Å². The fraction of sp³-hybridized carbons (Fsp3) is 0.780. The topological polar surface area (TPSA) is 201 Å². The molecule has 65 heavy (non-hydrogen) atoms. The highest BCUT2D eigenvalue weighted by Gasteiger charge is 2.56. The van der Waals surface area contributed by atoms with Gasteiger partial charge in [-0.3, -0.25) is 19.2 Å². The number of hydrogen-bond donors (Lipinski definition) is 4. The van der Waals surface area contributed by atoms with Crippen LogP contribution in [0.25, 0.3) is 0 Å². The van der Waals surface area contributed by atoms with Crippen LogP contribution in [-0.4, -0.2) is 150 Å². The number of piperazine rings is 1. The third-order valence-corrected chi connectivity index (χ3v) is 14.6. The number of ether oxygens (including phenoxy) is 4. The zero-order chi connectivity index (χ0) is 47.4. The number of Topliss-reactive ketones (excluding diaryl/α,β-unsaturated/α-hetero) is 2. The molecule has 5 aliphatic rings. The Morgan fingerprint density at radius 2 is 1.60 bits per heavy atom. The van der Waals surface area contributed by atoms with Gasteiger partial charge in [0, 0.05) is 77.5 Å². The molecule has 0 aromatic rings. The van der Waals surface area contributed by atoms with E-state index in [4.69, 9.17) is 18.9 Å². The lowest BCUT2D eigenvalue weighted by molar-refractivity contribution is -0.302. The van der Waals surface area contributed by atoms with Crippen LogP contribution in [0.2, 0.25) is 0 Å². The summed E-state index contributed by atoms with van der Waals surface area (Å²) in [5.41, 5.74) is 1.63. The number of nitrogens with zero attached hydrogens (tertiary/aromatic N) is 2. The number of cyclic esters (lactones) is 1. The normalized spacial score (nSPS) is 37.8. The van der Waals surface area contributed by atoms with E-state index < -0.39 is 77.8 Å². The van der Waals surface area contributed by atoms with Gasteiger partial charge in [-0.2, -0.15) is 0 Å². The minimum absolute atomic E-state index is 0.0238. The molecule has 2 bridgehead atoms. The molecule has 4 N–H and O–H groups in total. The fourth-order valence-corrected chi connectivity index (χ4v) is 10.6. The van der Waals surface area contributed by atoms with Crippen molar-refractivity contribution in [1.82, 2.24) is 15.1 Å². The minimum atomic E-state index is -2.52. The summed E-state index contributed by atoms with van der Waals surface area (Å²) >= 11 is 0. The van der Waals surface area contributed by atoms with Crippen LogP contribution < -0.4 is 5.32 Å². The number of rotatable bonds is 9. The van der Waals surface area contributed by atoms with Crippen molar-refractivity contribution in [3.63, 3.8) is 0 Å². The number of fused-ring (bicyclic) bond motifs is 3. The second-order valence-electron chi connectivity index (χ2n) is 19.8. The molecular weight excluding hydrogens is 835 g/mol. The first-order valence-electron chi connectivity index (χ1n) is 24.4. The standard InChI is InChI=1S/C50H79N3O12/c1-31-25-32(2)27-42(62-6)46-43(63-7)29-34(4)50(61,65-46)47(58)48(59)53-22-12-11-14-39(53)49(60)64-45(33(3)28-36-16-18-38(54)19-17-36)35(5)40(55)30-41(56)37(26-31)13-9-8-10-15-44(57)52-23-20-51-21-24-52/h8-9,26,28,32,34-40,42-43,45-46,51,54-55,61H,10-25,27,29-30H2,1-7H3/b9-8+,31-26+,33-28+/t32-,34+,35+,36?,37+,38?,39-,40-,42-,43-,45+,46+,50+/m0/s1. The summed E-state index contributed by atoms with van der Waals surface area (Å²) in [6, 6.07) is -1.14. The fourth-order valence-electron chi connectivity index (χ4n) is 10.6. The van der Waals surface area contributed by atoms with E-state index in [1.54, 1.807) is 13.8 Å². The van der Waals surface area contributed by atoms with E-state index in [1.165, 1.54) is 19.1 Å². The monoisotopic (exact) mass is 914 g/mol. The Kier molecular flexibility index (Phi) is 20.0. The maximum atomic E-state index is 14.4. The van der Waals surface area contributed by atoms with Crippen molar-refractivity contribution >= 4 is 29.4 Å². The first kappa shape index (κ1) is 52.7. The number of ketones is 2. The SMILES string of the molecule is CO[C@H]1C[C@@H](C)C/C(C)=C/[C@@H](C/C=C/CCC(=O)N2CCNCC2)C(=O)C[C@H](O)[C@@H](C)[C@@H](/C(C)=C/C2CCC(O)CC2)OC(=O)[C@@H]2CCCCN2C(=O)C(=O)[C@]2(O)O[C@H]1[C@@H](OC)C[C@H]2C. The first-order valence-corrected chi connectivity index (χ1v) is 24.4. The summed E-state index contributed by atoms with van der Waals surface area (Å²) < 4.78 is 24.4. The van der Waals surface area contributed by atoms with Gasteiger partial charge < -0.3 is 49.4 Å². The van der Waals surface area contributed by atoms with Gasteiger partial charge in [0.1, 0.15) is 24.0 Å². The number of piperidine rings is 1. The van der Waals surface area contributed by atoms with Crippen LogP contribution in [0.3, 0.4) is 0 Å². The molecule has 4 aliphatic heterocycles. The average Bonchev–Trinajstić information content (AvgIpc) is 3.29. The molecule has 0 aromatic carbocycles. The van der Waals surface area contributed by atoms with Crippen LogP contribution >= 0.6 is 0 Å². The highest BCUT2D eigenvalue weighted by Crippen LogP contribution is 2.39. The number of hydrogen-bond acceptors (Lipinski definition) is 13. The number of aliphatic hydroxyl groups is 3. The lowest BCUT2D eigenvalue weighted by Gasteiger charge is -2.47. The molecule has 2 amide bonds. The van der Waals surface area contributed by atoms with E-state index in [-0.39, 0.29) is 55.4 Å². The lowest BCUT2D eigenvalue weighted by Crippen LogP contribution is -2.64. The highest BCUT2D eigenvalue weighted by atomic mass is 16.7. The Morgan fingerprint density at radius 1 is 0.923 bits per heavy atom. The van der Waals surface area contributed by atoms with E-state index in [0.29, 0.717) is 76.5 Å². The summed E-state index contributed by atoms with van der Waals surface area (Å²) in [4.78, 5) is 73.3. The predicted molar refractivity (Wildman–Crippen MR) is 244 cm³/mol. The summed E-state index contributed by atoms with van der Waals surface area (Å²) in [7, 11) is 3.06. The largest absolute Gasteiger partial charge is 0.456 e. The Labute approximate surface area is 386 Å². The third kappa shape index (κ3) is 13.9. The number of amides is 2. The molecule has 0 aromatic heterocycles. The van der Waals surface area contributed by atoms with E-state index in [1.807, 2.05) is 50.0 Å². The van der Waals surface area contributed by atoms with Crippen molar-refractivity contribution < 1.29 is 58.2 Å². The minimum Gasteiger partial charge on any atom is -0.456 e. The molecule has 0 unspecified atom stereocenters.